The fourth-order valence-corrected chi connectivity index (χ4v) is 2.41. The lowest BCUT2D eigenvalue weighted by molar-refractivity contribution is 0.102. The Bertz CT molecular complexity index is 1030. The van der Waals surface area contributed by atoms with E-state index in [1.807, 2.05) is 0 Å². The Morgan fingerprint density at radius 1 is 0.962 bits per heavy atom. The summed E-state index contributed by atoms with van der Waals surface area (Å²) >= 11 is 0. The molecule has 132 valence electrons. The van der Waals surface area contributed by atoms with Gasteiger partial charge in [-0.15, -0.1) is 0 Å². The lowest BCUT2D eigenvalue weighted by atomic mass is 10.2. The van der Waals surface area contributed by atoms with Crippen LogP contribution in [0, 0.1) is 17.5 Å². The second-order valence-corrected chi connectivity index (χ2v) is 5.59. The number of benzene rings is 2. The number of hydrogen-bond donors (Lipinski definition) is 1. The topological polar surface area (TPSA) is 51.1 Å². The van der Waals surface area contributed by atoms with Crippen LogP contribution in [0.5, 0.6) is 0 Å². The summed E-state index contributed by atoms with van der Waals surface area (Å²) in [7, 11) is 0. The van der Waals surface area contributed by atoms with Gasteiger partial charge in [0.25, 0.3) is 11.5 Å². The smallest absolute Gasteiger partial charge is 0.257 e. The molecule has 1 amide bonds. The molecule has 0 saturated heterocycles. The number of hydrogen-bond acceptors (Lipinski definition) is 2. The Balaban J connectivity index is 1.84. The van der Waals surface area contributed by atoms with Crippen LogP contribution in [0.15, 0.2) is 65.6 Å². The molecule has 3 rings (SSSR count). The van der Waals surface area contributed by atoms with Gasteiger partial charge < -0.3 is 9.88 Å². The van der Waals surface area contributed by atoms with Gasteiger partial charge in [0.1, 0.15) is 17.5 Å². The van der Waals surface area contributed by atoms with Crippen molar-refractivity contribution >= 4 is 11.6 Å². The molecule has 0 spiro atoms. The van der Waals surface area contributed by atoms with Crippen molar-refractivity contribution in [3.63, 3.8) is 0 Å². The maximum Gasteiger partial charge on any atom is 0.257 e. The number of nitrogens with zero attached hydrogens (tertiary/aromatic N) is 1. The van der Waals surface area contributed by atoms with Crippen molar-refractivity contribution in [3.05, 3.63) is 99.7 Å². The molecule has 0 radical (unpaired) electrons. The Hall–Kier alpha value is -3.35. The molecule has 0 aliphatic rings. The maximum atomic E-state index is 13.6. The van der Waals surface area contributed by atoms with Gasteiger partial charge in [0, 0.05) is 18.3 Å². The summed E-state index contributed by atoms with van der Waals surface area (Å²) in [5.74, 6) is -2.77. The Kier molecular flexibility index (Phi) is 4.88. The van der Waals surface area contributed by atoms with Gasteiger partial charge in [-0.25, -0.2) is 13.2 Å². The first-order valence-electron chi connectivity index (χ1n) is 7.64. The van der Waals surface area contributed by atoms with E-state index >= 15 is 0 Å². The van der Waals surface area contributed by atoms with Gasteiger partial charge in [0.2, 0.25) is 0 Å². The second-order valence-electron chi connectivity index (χ2n) is 5.59. The number of carbonyl (C=O) groups is 1. The van der Waals surface area contributed by atoms with Gasteiger partial charge >= 0.3 is 0 Å². The summed E-state index contributed by atoms with van der Waals surface area (Å²) in [5.41, 5.74) is 0.0945. The van der Waals surface area contributed by atoms with E-state index in [9.17, 15) is 22.8 Å². The number of aromatic nitrogens is 1. The number of rotatable bonds is 4. The highest BCUT2D eigenvalue weighted by atomic mass is 19.1. The average molecular weight is 358 g/mol. The van der Waals surface area contributed by atoms with Crippen molar-refractivity contribution in [1.82, 2.24) is 4.57 Å². The average Bonchev–Trinajstić information content (AvgIpc) is 2.59. The van der Waals surface area contributed by atoms with E-state index in [0.29, 0.717) is 11.6 Å². The third-order valence-electron chi connectivity index (χ3n) is 3.67. The van der Waals surface area contributed by atoms with Crippen molar-refractivity contribution in [2.75, 3.05) is 5.32 Å². The molecule has 1 N–H and O–H groups in total. The van der Waals surface area contributed by atoms with E-state index in [1.165, 1.54) is 41.1 Å². The highest BCUT2D eigenvalue weighted by Crippen LogP contribution is 2.16. The van der Waals surface area contributed by atoms with Crippen molar-refractivity contribution in [3.8, 4) is 0 Å². The fraction of sp³-hybridized carbons (Fsp3) is 0.0526. The quantitative estimate of drug-likeness (QED) is 0.775. The number of anilines is 1. The first kappa shape index (κ1) is 17.5. The molecule has 1 heterocycles. The molecule has 2 aromatic carbocycles. The highest BCUT2D eigenvalue weighted by molar-refractivity contribution is 6.04. The molecule has 0 aliphatic heterocycles. The summed E-state index contributed by atoms with van der Waals surface area (Å²) < 4.78 is 41.1. The van der Waals surface area contributed by atoms with E-state index in [-0.39, 0.29) is 23.4 Å². The van der Waals surface area contributed by atoms with Crippen molar-refractivity contribution in [2.24, 2.45) is 0 Å². The molecular formula is C19H13F3N2O2. The minimum atomic E-state index is -0.911. The Labute approximate surface area is 146 Å². The van der Waals surface area contributed by atoms with Gasteiger partial charge in [-0.2, -0.15) is 0 Å². The van der Waals surface area contributed by atoms with Crippen LogP contribution in [0.1, 0.15) is 15.9 Å². The van der Waals surface area contributed by atoms with E-state index in [4.69, 9.17) is 0 Å². The molecule has 0 unspecified atom stereocenters. The maximum absolute atomic E-state index is 13.6. The molecule has 0 aliphatic carbocycles. The normalized spacial score (nSPS) is 10.6. The monoisotopic (exact) mass is 358 g/mol. The van der Waals surface area contributed by atoms with Crippen LogP contribution in [0.25, 0.3) is 0 Å². The second kappa shape index (κ2) is 7.26. The lowest BCUT2D eigenvalue weighted by Crippen LogP contribution is -2.22. The third-order valence-corrected chi connectivity index (χ3v) is 3.67. The lowest BCUT2D eigenvalue weighted by Gasteiger charge is -2.10. The van der Waals surface area contributed by atoms with E-state index in [1.54, 1.807) is 6.07 Å². The summed E-state index contributed by atoms with van der Waals surface area (Å²) in [6, 6.07) is 11.0. The first-order chi connectivity index (χ1) is 12.4. The number of carbonyl (C=O) groups excluding carboxylic acids is 1. The minimum absolute atomic E-state index is 0.0720. The van der Waals surface area contributed by atoms with E-state index in [2.05, 4.69) is 5.32 Å². The Morgan fingerprint density at radius 2 is 1.73 bits per heavy atom. The van der Waals surface area contributed by atoms with Gasteiger partial charge in [-0.05, 0) is 35.9 Å². The number of nitrogens with one attached hydrogen (secondary N) is 1. The first-order valence-corrected chi connectivity index (χ1v) is 7.64. The van der Waals surface area contributed by atoms with Crippen LogP contribution in [-0.4, -0.2) is 10.5 Å². The predicted molar refractivity (Wildman–Crippen MR) is 90.5 cm³/mol. The van der Waals surface area contributed by atoms with Crippen LogP contribution in [0.3, 0.4) is 0 Å². The SMILES string of the molecule is O=C(Nc1ccc(F)cc1F)c1ccc(=O)n(Cc2cccc(F)c2)c1. The fourth-order valence-electron chi connectivity index (χ4n) is 2.41. The largest absolute Gasteiger partial charge is 0.319 e. The molecule has 0 fully saturated rings. The van der Waals surface area contributed by atoms with Crippen LogP contribution >= 0.6 is 0 Å². The van der Waals surface area contributed by atoms with Gasteiger partial charge in [-0.3, -0.25) is 9.59 Å². The Morgan fingerprint density at radius 3 is 2.46 bits per heavy atom. The van der Waals surface area contributed by atoms with E-state index < -0.39 is 23.4 Å². The number of amides is 1. The zero-order valence-corrected chi connectivity index (χ0v) is 13.4. The van der Waals surface area contributed by atoms with Crippen molar-refractivity contribution < 1.29 is 18.0 Å². The molecule has 26 heavy (non-hydrogen) atoms. The van der Waals surface area contributed by atoms with Crippen LogP contribution in [0.4, 0.5) is 18.9 Å². The number of halogens is 3. The number of pyridine rings is 1. The van der Waals surface area contributed by atoms with Crippen LogP contribution in [0.2, 0.25) is 0 Å². The zero-order valence-electron chi connectivity index (χ0n) is 13.4. The molecule has 0 atom stereocenters. The van der Waals surface area contributed by atoms with E-state index in [0.717, 1.165) is 12.1 Å². The predicted octanol–water partition coefficient (Wildman–Crippen LogP) is 3.57. The highest BCUT2D eigenvalue weighted by Gasteiger charge is 2.12. The summed E-state index contributed by atoms with van der Waals surface area (Å²) in [5, 5.41) is 2.32. The van der Waals surface area contributed by atoms with Gasteiger partial charge in [0.15, 0.2) is 0 Å². The molecule has 0 saturated carbocycles. The van der Waals surface area contributed by atoms with Gasteiger partial charge in [0.05, 0.1) is 17.8 Å². The molecule has 7 heteroatoms. The van der Waals surface area contributed by atoms with Crippen molar-refractivity contribution in [1.29, 1.82) is 0 Å². The molecule has 0 bridgehead atoms. The zero-order chi connectivity index (χ0) is 18.7. The summed E-state index contributed by atoms with van der Waals surface area (Å²) in [4.78, 5) is 24.2. The molecule has 4 nitrogen and oxygen atoms in total. The minimum Gasteiger partial charge on any atom is -0.319 e. The summed E-state index contributed by atoms with van der Waals surface area (Å²) in [6.45, 7) is 0.0720. The molecular weight excluding hydrogens is 345 g/mol. The van der Waals surface area contributed by atoms with Crippen molar-refractivity contribution in [2.45, 2.75) is 6.54 Å². The molecule has 3 aromatic rings. The van der Waals surface area contributed by atoms with Gasteiger partial charge in [-0.1, -0.05) is 12.1 Å². The summed E-state index contributed by atoms with van der Waals surface area (Å²) in [6.07, 6.45) is 1.30. The molecule has 1 aromatic heterocycles. The third kappa shape index (κ3) is 4.00. The standard InChI is InChI=1S/C19H13F3N2O2/c20-14-3-1-2-12(8-14)10-24-11-13(4-7-18(24)25)19(26)23-17-6-5-15(21)9-16(17)22/h1-9,11H,10H2,(H,23,26). The van der Waals surface area contributed by atoms with Crippen LogP contribution < -0.4 is 10.9 Å². The van der Waals surface area contributed by atoms with Crippen LogP contribution in [-0.2, 0) is 6.54 Å².